The molecular formula is C9H17N3O. The quantitative estimate of drug-likeness (QED) is 0.754. The van der Waals surface area contributed by atoms with Crippen LogP contribution in [-0.2, 0) is 6.42 Å². The predicted octanol–water partition coefficient (Wildman–Crippen LogP) is 1.69. The van der Waals surface area contributed by atoms with Crippen LogP contribution in [0, 0.1) is 0 Å². The molecule has 0 saturated heterocycles. The molecule has 1 aromatic heterocycles. The van der Waals surface area contributed by atoms with Crippen molar-refractivity contribution in [1.29, 1.82) is 0 Å². The number of hydrogen-bond acceptors (Lipinski definition) is 4. The fourth-order valence-electron chi connectivity index (χ4n) is 1.16. The van der Waals surface area contributed by atoms with Crippen molar-refractivity contribution in [3.8, 4) is 0 Å². The number of nitrogens with one attached hydrogen (secondary N) is 1. The molecule has 0 radical (unpaired) electrons. The Morgan fingerprint density at radius 1 is 1.46 bits per heavy atom. The first-order chi connectivity index (χ1) is 6.27. The lowest BCUT2D eigenvalue weighted by Gasteiger charge is -2.04. The van der Waals surface area contributed by atoms with E-state index in [1.807, 2.05) is 6.92 Å². The second-order valence-corrected chi connectivity index (χ2v) is 3.08. The van der Waals surface area contributed by atoms with Crippen LogP contribution in [0.3, 0.4) is 0 Å². The number of rotatable bonds is 5. The number of aryl methyl sites for hydroxylation is 1. The van der Waals surface area contributed by atoms with E-state index >= 15 is 0 Å². The third-order valence-corrected chi connectivity index (χ3v) is 1.84. The average Bonchev–Trinajstić information content (AvgIpc) is 2.54. The first-order valence-corrected chi connectivity index (χ1v) is 4.83. The maximum atomic E-state index is 5.11. The van der Waals surface area contributed by atoms with E-state index in [2.05, 4.69) is 29.3 Å². The Hall–Kier alpha value is -0.900. The summed E-state index contributed by atoms with van der Waals surface area (Å²) in [7, 11) is 0. The summed E-state index contributed by atoms with van der Waals surface area (Å²) in [5.41, 5.74) is 0. The summed E-state index contributed by atoms with van der Waals surface area (Å²) < 4.78 is 5.11. The van der Waals surface area contributed by atoms with Gasteiger partial charge in [-0.05, 0) is 19.9 Å². The summed E-state index contributed by atoms with van der Waals surface area (Å²) in [4.78, 5) is 4.28. The summed E-state index contributed by atoms with van der Waals surface area (Å²) in [6, 6.07) is 0.156. The average molecular weight is 183 g/mol. The lowest BCUT2D eigenvalue weighted by molar-refractivity contribution is 0.338. The fourth-order valence-corrected chi connectivity index (χ4v) is 1.16. The van der Waals surface area contributed by atoms with E-state index in [4.69, 9.17) is 4.52 Å². The van der Waals surface area contributed by atoms with Crippen LogP contribution in [0.15, 0.2) is 4.52 Å². The molecule has 1 aromatic rings. The van der Waals surface area contributed by atoms with Crippen molar-refractivity contribution < 1.29 is 4.52 Å². The van der Waals surface area contributed by atoms with Crippen molar-refractivity contribution in [2.24, 2.45) is 0 Å². The Kier molecular flexibility index (Phi) is 3.89. The van der Waals surface area contributed by atoms with Crippen LogP contribution < -0.4 is 5.32 Å². The van der Waals surface area contributed by atoms with Gasteiger partial charge < -0.3 is 9.84 Å². The lowest BCUT2D eigenvalue weighted by atomic mass is 10.3. The molecule has 0 fully saturated rings. The molecule has 13 heavy (non-hydrogen) atoms. The van der Waals surface area contributed by atoms with Gasteiger partial charge in [0, 0.05) is 6.42 Å². The molecule has 4 heteroatoms. The van der Waals surface area contributed by atoms with Crippen molar-refractivity contribution in [2.45, 2.75) is 39.7 Å². The molecule has 0 aliphatic rings. The molecule has 0 saturated carbocycles. The molecule has 1 rings (SSSR count). The fraction of sp³-hybridized carbons (Fsp3) is 0.778. The Bertz CT molecular complexity index is 247. The van der Waals surface area contributed by atoms with Gasteiger partial charge in [-0.25, -0.2) is 0 Å². The van der Waals surface area contributed by atoms with Crippen molar-refractivity contribution >= 4 is 0 Å². The van der Waals surface area contributed by atoms with E-state index in [9.17, 15) is 0 Å². The largest absolute Gasteiger partial charge is 0.338 e. The number of aromatic nitrogens is 2. The molecule has 0 aromatic carbocycles. The van der Waals surface area contributed by atoms with Crippen molar-refractivity contribution in [3.63, 3.8) is 0 Å². The second kappa shape index (κ2) is 4.97. The summed E-state index contributed by atoms with van der Waals surface area (Å²) in [6.07, 6.45) is 1.94. The number of hydrogen-bond donors (Lipinski definition) is 1. The Balaban J connectivity index is 2.56. The van der Waals surface area contributed by atoms with Gasteiger partial charge in [0.05, 0.1) is 6.04 Å². The van der Waals surface area contributed by atoms with E-state index in [0.717, 1.165) is 25.2 Å². The van der Waals surface area contributed by atoms with Gasteiger partial charge in [-0.2, -0.15) is 4.98 Å². The Labute approximate surface area is 78.7 Å². The molecule has 1 N–H and O–H groups in total. The van der Waals surface area contributed by atoms with Crippen molar-refractivity contribution in [1.82, 2.24) is 15.5 Å². The zero-order chi connectivity index (χ0) is 9.68. The minimum atomic E-state index is 0.156. The van der Waals surface area contributed by atoms with Gasteiger partial charge in [-0.15, -0.1) is 0 Å². The Morgan fingerprint density at radius 3 is 2.85 bits per heavy atom. The highest BCUT2D eigenvalue weighted by Crippen LogP contribution is 2.09. The van der Waals surface area contributed by atoms with Crippen molar-refractivity contribution in [2.75, 3.05) is 6.54 Å². The highest BCUT2D eigenvalue weighted by molar-refractivity contribution is 4.91. The number of nitrogens with zero attached hydrogens (tertiary/aromatic N) is 2. The zero-order valence-electron chi connectivity index (χ0n) is 8.50. The van der Waals surface area contributed by atoms with Crippen LogP contribution in [0.1, 0.15) is 44.9 Å². The summed E-state index contributed by atoms with van der Waals surface area (Å²) in [5, 5.41) is 7.10. The van der Waals surface area contributed by atoms with E-state index in [-0.39, 0.29) is 6.04 Å². The van der Waals surface area contributed by atoms with E-state index in [1.165, 1.54) is 0 Å². The molecule has 0 bridgehead atoms. The maximum absolute atomic E-state index is 5.11. The molecule has 0 aliphatic carbocycles. The topological polar surface area (TPSA) is 51.0 Å². The van der Waals surface area contributed by atoms with Gasteiger partial charge in [0.25, 0.3) is 0 Å². The van der Waals surface area contributed by atoms with Gasteiger partial charge in [0.1, 0.15) is 0 Å². The zero-order valence-corrected chi connectivity index (χ0v) is 8.50. The van der Waals surface area contributed by atoms with Gasteiger partial charge in [0.15, 0.2) is 5.82 Å². The molecule has 0 aliphatic heterocycles. The highest BCUT2D eigenvalue weighted by atomic mass is 16.5. The summed E-state index contributed by atoms with van der Waals surface area (Å²) >= 11 is 0. The minimum absolute atomic E-state index is 0.156. The van der Waals surface area contributed by atoms with Crippen LogP contribution >= 0.6 is 0 Å². The van der Waals surface area contributed by atoms with Crippen LogP contribution in [-0.4, -0.2) is 16.7 Å². The SMILES string of the molecule is CCCc1noc(C(C)NCC)n1. The maximum Gasteiger partial charge on any atom is 0.243 e. The normalized spacial score (nSPS) is 13.2. The van der Waals surface area contributed by atoms with Gasteiger partial charge in [-0.1, -0.05) is 19.0 Å². The third kappa shape index (κ3) is 2.81. The minimum Gasteiger partial charge on any atom is -0.338 e. The first kappa shape index (κ1) is 10.2. The van der Waals surface area contributed by atoms with Crippen LogP contribution in [0.25, 0.3) is 0 Å². The smallest absolute Gasteiger partial charge is 0.243 e. The molecular weight excluding hydrogens is 166 g/mol. The molecule has 74 valence electrons. The van der Waals surface area contributed by atoms with Gasteiger partial charge >= 0.3 is 0 Å². The molecule has 1 atom stereocenters. The monoisotopic (exact) mass is 183 g/mol. The highest BCUT2D eigenvalue weighted by Gasteiger charge is 2.11. The molecule has 1 unspecified atom stereocenters. The van der Waals surface area contributed by atoms with E-state index < -0.39 is 0 Å². The lowest BCUT2D eigenvalue weighted by Crippen LogP contribution is -2.17. The van der Waals surface area contributed by atoms with E-state index in [1.54, 1.807) is 0 Å². The molecule has 4 nitrogen and oxygen atoms in total. The van der Waals surface area contributed by atoms with E-state index in [0.29, 0.717) is 5.89 Å². The third-order valence-electron chi connectivity index (χ3n) is 1.84. The first-order valence-electron chi connectivity index (χ1n) is 4.83. The summed E-state index contributed by atoms with van der Waals surface area (Å²) in [6.45, 7) is 7.09. The molecule has 0 amide bonds. The van der Waals surface area contributed by atoms with Crippen LogP contribution in [0.2, 0.25) is 0 Å². The van der Waals surface area contributed by atoms with Gasteiger partial charge in [-0.3, -0.25) is 0 Å². The molecule has 1 heterocycles. The van der Waals surface area contributed by atoms with Gasteiger partial charge in [0.2, 0.25) is 5.89 Å². The van der Waals surface area contributed by atoms with Crippen LogP contribution in [0.5, 0.6) is 0 Å². The predicted molar refractivity (Wildman–Crippen MR) is 50.4 cm³/mol. The Morgan fingerprint density at radius 2 is 2.23 bits per heavy atom. The summed E-state index contributed by atoms with van der Waals surface area (Å²) in [5.74, 6) is 1.49. The second-order valence-electron chi connectivity index (χ2n) is 3.08. The molecule has 0 spiro atoms. The van der Waals surface area contributed by atoms with Crippen LogP contribution in [0.4, 0.5) is 0 Å². The standard InChI is InChI=1S/C9H17N3O/c1-4-6-8-11-9(13-12-8)7(3)10-5-2/h7,10H,4-6H2,1-3H3. The van der Waals surface area contributed by atoms with Crippen molar-refractivity contribution in [3.05, 3.63) is 11.7 Å².